The van der Waals surface area contributed by atoms with Gasteiger partial charge in [0, 0.05) is 30.1 Å². The molecule has 0 aliphatic carbocycles. The topological polar surface area (TPSA) is 136 Å². The summed E-state index contributed by atoms with van der Waals surface area (Å²) >= 11 is 0. The number of aromatic nitrogens is 2. The summed E-state index contributed by atoms with van der Waals surface area (Å²) < 4.78 is 5.40. The fourth-order valence-corrected chi connectivity index (χ4v) is 3.61. The first-order valence-corrected chi connectivity index (χ1v) is 9.98. The summed E-state index contributed by atoms with van der Waals surface area (Å²) in [7, 11) is 0. The van der Waals surface area contributed by atoms with E-state index >= 15 is 0 Å². The molecule has 1 amide bonds. The first-order chi connectivity index (χ1) is 15.9. The van der Waals surface area contributed by atoms with E-state index in [-0.39, 0.29) is 28.3 Å². The van der Waals surface area contributed by atoms with Crippen molar-refractivity contribution >= 4 is 29.1 Å². The lowest BCUT2D eigenvalue weighted by Crippen LogP contribution is -2.31. The number of nitro groups is 1. The van der Waals surface area contributed by atoms with Crippen LogP contribution in [0.5, 0.6) is 5.75 Å². The van der Waals surface area contributed by atoms with Gasteiger partial charge < -0.3 is 9.84 Å². The number of carbonyl (C=O) groups excluding carboxylic acids is 2. The number of ketones is 1. The number of amides is 1. The van der Waals surface area contributed by atoms with E-state index in [2.05, 4.69) is 9.97 Å². The molecule has 1 aliphatic rings. The van der Waals surface area contributed by atoms with Gasteiger partial charge in [0.15, 0.2) is 0 Å². The number of nitro benzene ring substituents is 1. The highest BCUT2D eigenvalue weighted by Crippen LogP contribution is 2.41. The van der Waals surface area contributed by atoms with Crippen LogP contribution in [0.1, 0.15) is 24.1 Å². The summed E-state index contributed by atoms with van der Waals surface area (Å²) in [6, 6.07) is 12.2. The van der Waals surface area contributed by atoms with Crippen LogP contribution in [0.4, 0.5) is 11.6 Å². The van der Waals surface area contributed by atoms with E-state index in [1.165, 1.54) is 36.7 Å². The molecule has 0 spiro atoms. The van der Waals surface area contributed by atoms with E-state index in [1.807, 2.05) is 6.92 Å². The Morgan fingerprint density at radius 3 is 2.45 bits per heavy atom. The fraction of sp³-hybridized carbons (Fsp3) is 0.130. The molecule has 0 saturated carbocycles. The molecule has 1 aliphatic heterocycles. The number of hydrogen-bond donors (Lipinski definition) is 1. The molecule has 2 heterocycles. The van der Waals surface area contributed by atoms with E-state index in [0.29, 0.717) is 12.4 Å². The average molecular weight is 446 g/mol. The number of benzene rings is 2. The number of aliphatic hydroxyl groups excluding tert-OH is 1. The van der Waals surface area contributed by atoms with Gasteiger partial charge in [0.25, 0.3) is 11.5 Å². The highest BCUT2D eigenvalue weighted by molar-refractivity contribution is 6.51. The van der Waals surface area contributed by atoms with Crippen LogP contribution in [0.3, 0.4) is 0 Å². The highest BCUT2D eigenvalue weighted by Gasteiger charge is 2.48. The lowest BCUT2D eigenvalue weighted by molar-refractivity contribution is -0.384. The number of anilines is 1. The van der Waals surface area contributed by atoms with Gasteiger partial charge in [-0.1, -0.05) is 12.1 Å². The first kappa shape index (κ1) is 21.6. The van der Waals surface area contributed by atoms with E-state index in [0.717, 1.165) is 4.90 Å². The number of nitrogens with zero attached hydrogens (tertiary/aromatic N) is 4. The van der Waals surface area contributed by atoms with E-state index in [9.17, 15) is 24.8 Å². The van der Waals surface area contributed by atoms with Gasteiger partial charge in [-0.3, -0.25) is 24.6 Å². The van der Waals surface area contributed by atoms with Crippen molar-refractivity contribution < 1.29 is 24.4 Å². The van der Waals surface area contributed by atoms with Crippen molar-refractivity contribution in [3.05, 3.63) is 93.8 Å². The first-order valence-electron chi connectivity index (χ1n) is 9.98. The van der Waals surface area contributed by atoms with Crippen LogP contribution < -0.4 is 9.64 Å². The largest absolute Gasteiger partial charge is 0.507 e. The second-order valence-electron chi connectivity index (χ2n) is 7.03. The molecule has 1 aromatic heterocycles. The summed E-state index contributed by atoms with van der Waals surface area (Å²) in [6.07, 6.45) is 2.80. The van der Waals surface area contributed by atoms with Gasteiger partial charge in [0.05, 0.1) is 23.1 Å². The minimum Gasteiger partial charge on any atom is -0.507 e. The molecule has 0 bridgehead atoms. The van der Waals surface area contributed by atoms with Gasteiger partial charge in [-0.2, -0.15) is 0 Å². The number of non-ortho nitro benzene ring substituents is 1. The molecule has 1 atom stereocenters. The Bertz CT molecular complexity index is 1260. The van der Waals surface area contributed by atoms with Gasteiger partial charge in [0.2, 0.25) is 5.95 Å². The van der Waals surface area contributed by atoms with Crippen molar-refractivity contribution in [1.82, 2.24) is 9.97 Å². The van der Waals surface area contributed by atoms with E-state index < -0.39 is 28.4 Å². The second-order valence-corrected chi connectivity index (χ2v) is 7.03. The Morgan fingerprint density at radius 2 is 1.82 bits per heavy atom. The smallest absolute Gasteiger partial charge is 0.302 e. The van der Waals surface area contributed by atoms with Crippen LogP contribution in [0.25, 0.3) is 5.76 Å². The lowest BCUT2D eigenvalue weighted by atomic mass is 9.95. The second kappa shape index (κ2) is 8.87. The molecule has 3 aromatic rings. The molecule has 10 heteroatoms. The Morgan fingerprint density at radius 1 is 1.12 bits per heavy atom. The number of Topliss-reactive ketones (excluding diaryl/α,β-unsaturated/α-hetero) is 1. The number of ether oxygens (including phenoxy) is 1. The Hall–Kier alpha value is -4.60. The summed E-state index contributed by atoms with van der Waals surface area (Å²) in [6.45, 7) is 2.29. The molecular weight excluding hydrogens is 428 g/mol. The van der Waals surface area contributed by atoms with E-state index in [1.54, 1.807) is 30.3 Å². The molecule has 1 N–H and O–H groups in total. The van der Waals surface area contributed by atoms with Crippen LogP contribution >= 0.6 is 0 Å². The normalized spacial score (nSPS) is 17.2. The maximum atomic E-state index is 13.1. The fourth-order valence-electron chi connectivity index (χ4n) is 3.61. The van der Waals surface area contributed by atoms with Crippen molar-refractivity contribution in [3.8, 4) is 5.75 Å². The standard InChI is InChI=1S/C23H18N4O6/c1-2-33-17-9-7-14(8-10-17)20(28)18-19(15-5-3-6-16(13-15)27(31)32)26(22(30)21(18)29)23-24-11-4-12-25-23/h3-13,19,28H,2H2,1H3/t19-/m1/s1. The predicted octanol–water partition coefficient (Wildman–Crippen LogP) is 3.41. The minimum atomic E-state index is -1.17. The molecule has 1 fully saturated rings. The summed E-state index contributed by atoms with van der Waals surface area (Å²) in [5.74, 6) is -1.83. The van der Waals surface area contributed by atoms with Gasteiger partial charge in [-0.25, -0.2) is 9.97 Å². The van der Waals surface area contributed by atoms with Crippen molar-refractivity contribution in [2.24, 2.45) is 0 Å². The highest BCUT2D eigenvalue weighted by atomic mass is 16.6. The number of rotatable bonds is 6. The van der Waals surface area contributed by atoms with Crippen LogP contribution in [0, 0.1) is 10.1 Å². The lowest BCUT2D eigenvalue weighted by Gasteiger charge is -2.23. The molecule has 2 aromatic carbocycles. The molecule has 166 valence electrons. The van der Waals surface area contributed by atoms with Crippen LogP contribution in [-0.2, 0) is 9.59 Å². The van der Waals surface area contributed by atoms with Gasteiger partial charge in [-0.05, 0) is 42.8 Å². The zero-order valence-electron chi connectivity index (χ0n) is 17.4. The van der Waals surface area contributed by atoms with Crippen LogP contribution in [0.15, 0.2) is 72.6 Å². The zero-order chi connectivity index (χ0) is 23.5. The zero-order valence-corrected chi connectivity index (χ0v) is 17.4. The maximum absolute atomic E-state index is 13.1. The van der Waals surface area contributed by atoms with Gasteiger partial charge in [-0.15, -0.1) is 0 Å². The molecule has 4 rings (SSSR count). The summed E-state index contributed by atoms with van der Waals surface area (Å²) in [4.78, 5) is 46.0. The molecule has 0 unspecified atom stereocenters. The quantitative estimate of drug-likeness (QED) is 0.200. The Labute approximate surface area is 187 Å². The molecular formula is C23H18N4O6. The van der Waals surface area contributed by atoms with Gasteiger partial charge in [0.1, 0.15) is 11.5 Å². The predicted molar refractivity (Wildman–Crippen MR) is 118 cm³/mol. The monoisotopic (exact) mass is 446 g/mol. The van der Waals surface area contributed by atoms with Crippen LogP contribution in [0.2, 0.25) is 0 Å². The molecule has 33 heavy (non-hydrogen) atoms. The molecule has 10 nitrogen and oxygen atoms in total. The summed E-state index contributed by atoms with van der Waals surface area (Å²) in [5.41, 5.74) is 0.0782. The van der Waals surface area contributed by atoms with E-state index in [4.69, 9.17) is 4.74 Å². The molecule has 1 saturated heterocycles. The SMILES string of the molecule is CCOc1ccc(C(O)=C2C(=O)C(=O)N(c3ncccn3)[C@@H]2c2cccc([N+](=O)[O-])c2)cc1. The number of aliphatic hydroxyl groups is 1. The molecule has 0 radical (unpaired) electrons. The summed E-state index contributed by atoms with van der Waals surface area (Å²) in [5, 5.41) is 22.4. The Balaban J connectivity index is 1.91. The minimum absolute atomic E-state index is 0.0677. The Kier molecular flexibility index (Phi) is 5.81. The third-order valence-corrected chi connectivity index (χ3v) is 5.05. The average Bonchev–Trinajstić information content (AvgIpc) is 3.10. The third-order valence-electron chi connectivity index (χ3n) is 5.05. The van der Waals surface area contributed by atoms with Crippen LogP contribution in [-0.4, -0.2) is 38.3 Å². The van der Waals surface area contributed by atoms with Gasteiger partial charge >= 0.3 is 5.91 Å². The maximum Gasteiger partial charge on any atom is 0.302 e. The van der Waals surface area contributed by atoms with Crippen molar-refractivity contribution in [3.63, 3.8) is 0 Å². The van der Waals surface area contributed by atoms with Crippen molar-refractivity contribution in [2.75, 3.05) is 11.5 Å². The third kappa shape index (κ3) is 4.01. The van der Waals surface area contributed by atoms with Crippen molar-refractivity contribution in [1.29, 1.82) is 0 Å². The number of carbonyl (C=O) groups is 2. The van der Waals surface area contributed by atoms with Crippen molar-refractivity contribution in [2.45, 2.75) is 13.0 Å². The number of hydrogen-bond acceptors (Lipinski definition) is 8.